The molecule has 0 radical (unpaired) electrons. The predicted octanol–water partition coefficient (Wildman–Crippen LogP) is 3.89. The Morgan fingerprint density at radius 2 is 1.74 bits per heavy atom. The van der Waals surface area contributed by atoms with E-state index in [-0.39, 0.29) is 11.8 Å². The lowest BCUT2D eigenvalue weighted by atomic mass is 9.97. The minimum Gasteiger partial charge on any atom is -0.493 e. The Morgan fingerprint density at radius 3 is 2.39 bits per heavy atom. The molecule has 38 heavy (non-hydrogen) atoms. The summed E-state index contributed by atoms with van der Waals surface area (Å²) < 4.78 is 20.0. The number of nitrogens with zero attached hydrogens (tertiary/aromatic N) is 4. The predicted molar refractivity (Wildman–Crippen MR) is 144 cm³/mol. The molecule has 9 nitrogen and oxygen atoms in total. The van der Waals surface area contributed by atoms with E-state index in [1.807, 2.05) is 39.0 Å². The number of rotatable bonds is 7. The van der Waals surface area contributed by atoms with Crippen LogP contribution in [0.5, 0.6) is 11.5 Å². The summed E-state index contributed by atoms with van der Waals surface area (Å²) in [6, 6.07) is 10.1. The second kappa shape index (κ2) is 10.4. The third-order valence-corrected chi connectivity index (χ3v) is 7.17. The lowest BCUT2D eigenvalue weighted by Gasteiger charge is -2.25. The number of fused-ring (bicyclic) bond motifs is 3. The molecule has 5 rings (SSSR count). The topological polar surface area (TPSA) is 87.3 Å². The summed E-state index contributed by atoms with van der Waals surface area (Å²) >= 11 is 0. The summed E-state index contributed by atoms with van der Waals surface area (Å²) in [5.74, 6) is 1.32. The minimum atomic E-state index is -0.349. The van der Waals surface area contributed by atoms with Gasteiger partial charge in [-0.1, -0.05) is 17.7 Å². The van der Waals surface area contributed by atoms with Crippen molar-refractivity contribution in [2.45, 2.75) is 47.2 Å². The number of cyclic esters (lactones) is 1. The van der Waals surface area contributed by atoms with E-state index in [2.05, 4.69) is 19.1 Å². The van der Waals surface area contributed by atoms with Crippen molar-refractivity contribution in [3.8, 4) is 22.8 Å². The zero-order chi connectivity index (χ0) is 27.0. The molecule has 3 aromatic rings. The molecule has 0 atom stereocenters. The highest BCUT2D eigenvalue weighted by Crippen LogP contribution is 2.37. The average Bonchev–Trinajstić information content (AvgIpc) is 3.29. The van der Waals surface area contributed by atoms with Crippen LogP contribution < -0.4 is 20.7 Å². The van der Waals surface area contributed by atoms with Crippen molar-refractivity contribution in [3.63, 3.8) is 0 Å². The Morgan fingerprint density at radius 1 is 0.974 bits per heavy atom. The molecule has 1 saturated heterocycles. The molecule has 1 fully saturated rings. The highest BCUT2D eigenvalue weighted by molar-refractivity contribution is 5.70. The number of ether oxygens (including phenoxy) is 3. The molecular weight excluding hydrogens is 484 g/mol. The van der Waals surface area contributed by atoms with Crippen LogP contribution in [0.3, 0.4) is 0 Å². The van der Waals surface area contributed by atoms with Crippen molar-refractivity contribution in [3.05, 3.63) is 68.6 Å². The molecule has 1 amide bonds. The van der Waals surface area contributed by atoms with Gasteiger partial charge in [-0.2, -0.15) is 0 Å². The van der Waals surface area contributed by atoms with Gasteiger partial charge >= 0.3 is 11.8 Å². The van der Waals surface area contributed by atoms with Gasteiger partial charge in [0.05, 0.1) is 31.6 Å². The van der Waals surface area contributed by atoms with E-state index in [1.54, 1.807) is 21.1 Å². The van der Waals surface area contributed by atoms with Gasteiger partial charge in [-0.25, -0.2) is 14.6 Å². The Kier molecular flexibility index (Phi) is 7.01. The summed E-state index contributed by atoms with van der Waals surface area (Å²) in [6.07, 6.45) is 0.343. The highest BCUT2D eigenvalue weighted by atomic mass is 16.6. The van der Waals surface area contributed by atoms with E-state index < -0.39 is 0 Å². The lowest BCUT2D eigenvalue weighted by Crippen LogP contribution is -2.44. The molecule has 0 aliphatic carbocycles. The number of amides is 1. The zero-order valence-corrected chi connectivity index (χ0v) is 22.7. The van der Waals surface area contributed by atoms with Crippen molar-refractivity contribution < 1.29 is 19.0 Å². The van der Waals surface area contributed by atoms with E-state index in [4.69, 9.17) is 19.2 Å². The van der Waals surface area contributed by atoms with Crippen LogP contribution in [0.4, 0.5) is 10.5 Å². The molecule has 2 aliphatic heterocycles. The smallest absolute Gasteiger partial charge is 0.410 e. The van der Waals surface area contributed by atoms with Gasteiger partial charge in [0, 0.05) is 31.3 Å². The largest absolute Gasteiger partial charge is 0.493 e. The summed E-state index contributed by atoms with van der Waals surface area (Å²) in [4.78, 5) is 32.7. The molecule has 0 unspecified atom stereocenters. The molecule has 0 saturated carbocycles. The first-order valence-corrected chi connectivity index (χ1v) is 13.0. The zero-order valence-electron chi connectivity index (χ0n) is 22.7. The maximum absolute atomic E-state index is 13.9. The van der Waals surface area contributed by atoms with Crippen LogP contribution in [0.2, 0.25) is 0 Å². The van der Waals surface area contributed by atoms with E-state index in [0.717, 1.165) is 39.2 Å². The number of methoxy groups -OCH3 is 1. The Bertz CT molecular complexity index is 1510. The van der Waals surface area contributed by atoms with Crippen LogP contribution >= 0.6 is 0 Å². The van der Waals surface area contributed by atoms with Crippen molar-refractivity contribution in [1.29, 1.82) is 0 Å². The van der Waals surface area contributed by atoms with Crippen molar-refractivity contribution in [2.75, 3.05) is 33.4 Å². The molecule has 0 N–H and O–H groups in total. The fourth-order valence-corrected chi connectivity index (χ4v) is 5.39. The van der Waals surface area contributed by atoms with Gasteiger partial charge in [0.25, 0.3) is 0 Å². The normalized spacial score (nSPS) is 14.8. The molecule has 2 aliphatic rings. The van der Waals surface area contributed by atoms with Crippen LogP contribution in [0.1, 0.15) is 29.2 Å². The molecule has 0 bridgehead atoms. The second-order valence-electron chi connectivity index (χ2n) is 9.78. The number of aromatic nitrogens is 2. The van der Waals surface area contributed by atoms with E-state index in [9.17, 15) is 9.59 Å². The Hall–Kier alpha value is -4.01. The summed E-state index contributed by atoms with van der Waals surface area (Å²) in [5.41, 5.74) is 7.29. The Labute approximate surface area is 221 Å². The number of hydrogen-bond acceptors (Lipinski definition) is 6. The molecule has 200 valence electrons. The summed E-state index contributed by atoms with van der Waals surface area (Å²) in [6.45, 7) is 10.7. The van der Waals surface area contributed by atoms with Gasteiger partial charge in [-0.05, 0) is 62.9 Å². The lowest BCUT2D eigenvalue weighted by molar-refractivity contribution is 0.157. The molecule has 9 heteroatoms. The summed E-state index contributed by atoms with van der Waals surface area (Å²) in [5, 5.41) is 0. The Balaban J connectivity index is 1.71. The van der Waals surface area contributed by atoms with E-state index in [1.165, 1.54) is 0 Å². The van der Waals surface area contributed by atoms with Gasteiger partial charge in [0.2, 0.25) is 0 Å². The highest BCUT2D eigenvalue weighted by Gasteiger charge is 2.25. The van der Waals surface area contributed by atoms with Gasteiger partial charge in [-0.3, -0.25) is 9.13 Å². The first-order chi connectivity index (χ1) is 18.3. The van der Waals surface area contributed by atoms with Gasteiger partial charge in [0.15, 0.2) is 11.5 Å². The van der Waals surface area contributed by atoms with Crippen LogP contribution in [0.15, 0.2) is 40.1 Å². The van der Waals surface area contributed by atoms with Gasteiger partial charge in [-0.15, -0.1) is 0 Å². The van der Waals surface area contributed by atoms with Crippen molar-refractivity contribution in [1.82, 2.24) is 14.0 Å². The fraction of sp³-hybridized carbons (Fsp3) is 0.414. The molecule has 3 heterocycles. The first kappa shape index (κ1) is 25.6. The van der Waals surface area contributed by atoms with Crippen LogP contribution in [-0.2, 0) is 24.2 Å². The van der Waals surface area contributed by atoms with E-state index >= 15 is 0 Å². The number of hydrogen-bond donors (Lipinski definition) is 0. The molecule has 1 aromatic heterocycles. The van der Waals surface area contributed by atoms with Crippen molar-refractivity contribution in [2.24, 2.45) is 4.99 Å². The third kappa shape index (κ3) is 4.68. The van der Waals surface area contributed by atoms with Crippen LogP contribution in [-0.4, -0.2) is 53.5 Å². The number of carbonyl (C=O) groups excluding carboxylic acids is 1. The average molecular weight is 519 g/mol. The van der Waals surface area contributed by atoms with Crippen LogP contribution in [0.25, 0.3) is 11.3 Å². The third-order valence-electron chi connectivity index (χ3n) is 7.17. The van der Waals surface area contributed by atoms with Crippen LogP contribution in [0, 0.1) is 20.8 Å². The second-order valence-corrected chi connectivity index (χ2v) is 9.78. The molecule has 0 spiro atoms. The minimum absolute atomic E-state index is 0.158. The molecular formula is C29H34N4O5. The summed E-state index contributed by atoms with van der Waals surface area (Å²) in [7, 11) is 1.62. The van der Waals surface area contributed by atoms with Gasteiger partial charge in [0.1, 0.15) is 12.1 Å². The van der Waals surface area contributed by atoms with Gasteiger partial charge < -0.3 is 19.1 Å². The SMILES string of the molecule is CCOc1cc2c(cc1OC)-c1cc(=Nc3c(C)cc(C)cc3C)n(CCN3CCOC3=O)c(=O)n1CC2. The molecule has 2 aromatic carbocycles. The number of carbonyl (C=O) groups is 1. The number of aryl methyl sites for hydroxylation is 4. The van der Waals surface area contributed by atoms with E-state index in [0.29, 0.717) is 62.8 Å². The monoisotopic (exact) mass is 518 g/mol. The quantitative estimate of drug-likeness (QED) is 0.474. The number of benzene rings is 2. The maximum atomic E-state index is 13.9. The first-order valence-electron chi connectivity index (χ1n) is 13.0. The standard InChI is InChI=1S/C29H34N4O5/c1-6-37-25-15-21-7-8-32-23(22(21)16-24(25)36-5)17-26(30-27-19(3)13-18(2)14-20(27)4)33(28(32)34)10-9-31-11-12-38-29(31)35/h13-17H,6-12H2,1-5H3. The van der Waals surface area contributed by atoms with Crippen molar-refractivity contribution >= 4 is 11.8 Å². The fourth-order valence-electron chi connectivity index (χ4n) is 5.39. The maximum Gasteiger partial charge on any atom is 0.410 e.